The number of amides is 1. The molecule has 1 aliphatic rings. The average Bonchev–Trinajstić information content (AvgIpc) is 3.13. The van der Waals surface area contributed by atoms with E-state index in [2.05, 4.69) is 22.6 Å². The Morgan fingerprint density at radius 2 is 1.85 bits per heavy atom. The molecule has 33 heavy (non-hydrogen) atoms. The predicted octanol–water partition coefficient (Wildman–Crippen LogP) is 6.23. The quantitative estimate of drug-likeness (QED) is 0.436. The number of nitrogens with zero attached hydrogens (tertiary/aromatic N) is 4. The first-order chi connectivity index (χ1) is 15.6. The minimum Gasteiger partial charge on any atom is -0.444 e. The van der Waals surface area contributed by atoms with Crippen molar-refractivity contribution in [3.8, 4) is 0 Å². The van der Waals surface area contributed by atoms with Crippen LogP contribution in [-0.4, -0.2) is 52.3 Å². The molecular formula is C25H30Cl2N4O2. The van der Waals surface area contributed by atoms with Crippen LogP contribution >= 0.6 is 23.2 Å². The first-order valence-electron chi connectivity index (χ1n) is 11.2. The number of likely N-dealkylation sites (tertiary alicyclic amines) is 1. The van der Waals surface area contributed by atoms with Crippen molar-refractivity contribution in [2.45, 2.75) is 51.8 Å². The van der Waals surface area contributed by atoms with Gasteiger partial charge in [0.1, 0.15) is 5.60 Å². The van der Waals surface area contributed by atoms with E-state index >= 15 is 0 Å². The van der Waals surface area contributed by atoms with E-state index in [4.69, 9.17) is 32.9 Å². The number of imidazole rings is 1. The zero-order chi connectivity index (χ0) is 23.8. The smallest absolute Gasteiger partial charge is 0.410 e. The number of hydrogen-bond donors (Lipinski definition) is 0. The highest BCUT2D eigenvalue weighted by Crippen LogP contribution is 2.30. The molecule has 4 rings (SSSR count). The van der Waals surface area contributed by atoms with Crippen LogP contribution in [0.2, 0.25) is 10.0 Å². The molecule has 3 aromatic rings. The zero-order valence-electron chi connectivity index (χ0n) is 19.5. The van der Waals surface area contributed by atoms with Gasteiger partial charge in [-0.05, 0) is 69.5 Å². The number of hydrogen-bond acceptors (Lipinski definition) is 4. The van der Waals surface area contributed by atoms with Gasteiger partial charge in [-0.3, -0.25) is 0 Å². The van der Waals surface area contributed by atoms with Gasteiger partial charge in [0.05, 0.1) is 17.6 Å². The molecule has 1 fully saturated rings. The van der Waals surface area contributed by atoms with Crippen LogP contribution in [0.1, 0.15) is 39.2 Å². The van der Waals surface area contributed by atoms with E-state index in [-0.39, 0.29) is 12.1 Å². The Morgan fingerprint density at radius 1 is 1.15 bits per heavy atom. The Kier molecular flexibility index (Phi) is 6.78. The number of halogens is 2. The second kappa shape index (κ2) is 9.43. The van der Waals surface area contributed by atoms with Crippen molar-refractivity contribution in [2.24, 2.45) is 0 Å². The second-order valence-electron chi connectivity index (χ2n) is 9.53. The lowest BCUT2D eigenvalue weighted by atomic mass is 10.0. The van der Waals surface area contributed by atoms with E-state index < -0.39 is 5.60 Å². The monoisotopic (exact) mass is 488 g/mol. The Labute approximate surface area is 205 Å². The van der Waals surface area contributed by atoms with Gasteiger partial charge in [0.25, 0.3) is 0 Å². The molecule has 0 radical (unpaired) electrons. The maximum atomic E-state index is 12.4. The molecule has 1 amide bonds. The Balaban J connectivity index is 1.56. The number of ether oxygens (including phenoxy) is 1. The van der Waals surface area contributed by atoms with Gasteiger partial charge in [-0.1, -0.05) is 35.3 Å². The fourth-order valence-corrected chi connectivity index (χ4v) is 4.62. The largest absolute Gasteiger partial charge is 0.444 e. The Bertz CT molecular complexity index is 1150. The van der Waals surface area contributed by atoms with Crippen molar-refractivity contribution in [3.05, 3.63) is 58.1 Å². The Hall–Kier alpha value is -2.44. The lowest BCUT2D eigenvalue weighted by molar-refractivity contribution is 0.0205. The number of fused-ring (bicyclic) bond motifs is 1. The van der Waals surface area contributed by atoms with Crippen LogP contribution in [0.3, 0.4) is 0 Å². The van der Waals surface area contributed by atoms with E-state index in [1.54, 1.807) is 11.0 Å². The number of benzene rings is 2. The number of rotatable bonds is 4. The zero-order valence-corrected chi connectivity index (χ0v) is 21.0. The average molecular weight is 489 g/mol. The summed E-state index contributed by atoms with van der Waals surface area (Å²) in [7, 11) is 2.07. The van der Waals surface area contributed by atoms with Gasteiger partial charge >= 0.3 is 6.09 Å². The number of piperidine rings is 1. The molecule has 0 N–H and O–H groups in total. The fraction of sp³-hybridized carbons (Fsp3) is 0.440. The number of carbonyl (C=O) groups is 1. The molecule has 176 valence electrons. The van der Waals surface area contributed by atoms with Crippen LogP contribution in [-0.2, 0) is 11.3 Å². The summed E-state index contributed by atoms with van der Waals surface area (Å²) in [6, 6.07) is 13.9. The first kappa shape index (κ1) is 23.7. The number of aromatic nitrogens is 2. The van der Waals surface area contributed by atoms with Gasteiger partial charge in [-0.25, -0.2) is 9.78 Å². The molecule has 0 bridgehead atoms. The van der Waals surface area contributed by atoms with Crippen LogP contribution < -0.4 is 4.90 Å². The van der Waals surface area contributed by atoms with Gasteiger partial charge in [0.2, 0.25) is 5.95 Å². The molecule has 0 unspecified atom stereocenters. The molecule has 8 heteroatoms. The SMILES string of the molecule is CN(c1nc2ccccc2n1Cc1cc(Cl)ccc1Cl)C1CCN(C(=O)OC(C)(C)C)CC1. The first-order valence-corrected chi connectivity index (χ1v) is 12.0. The maximum absolute atomic E-state index is 12.4. The number of carbonyl (C=O) groups excluding carboxylic acids is 1. The Morgan fingerprint density at radius 3 is 2.55 bits per heavy atom. The van der Waals surface area contributed by atoms with Gasteiger partial charge in [-0.15, -0.1) is 0 Å². The number of anilines is 1. The number of para-hydroxylation sites is 2. The minimum absolute atomic E-state index is 0.244. The third-order valence-corrected chi connectivity index (χ3v) is 6.55. The molecule has 0 aliphatic carbocycles. The van der Waals surface area contributed by atoms with Gasteiger partial charge in [0, 0.05) is 36.2 Å². The van der Waals surface area contributed by atoms with Crippen molar-refractivity contribution in [3.63, 3.8) is 0 Å². The standard InChI is InChI=1S/C25H30Cl2N4O2/c1-25(2,3)33-24(32)30-13-11-19(12-14-30)29(4)23-28-21-7-5-6-8-22(21)31(23)16-17-15-18(26)9-10-20(17)27/h5-10,15,19H,11-14,16H2,1-4H3. The van der Waals surface area contributed by atoms with Crippen LogP contribution in [0.4, 0.5) is 10.7 Å². The molecule has 2 aromatic carbocycles. The summed E-state index contributed by atoms with van der Waals surface area (Å²) < 4.78 is 7.73. The molecule has 0 saturated carbocycles. The van der Waals surface area contributed by atoms with Crippen molar-refractivity contribution in [2.75, 3.05) is 25.0 Å². The summed E-state index contributed by atoms with van der Waals surface area (Å²) in [5, 5.41) is 1.33. The normalized spacial score (nSPS) is 15.2. The summed E-state index contributed by atoms with van der Waals surface area (Å²) in [5.41, 5.74) is 2.43. The molecule has 2 heterocycles. The van der Waals surface area contributed by atoms with E-state index in [9.17, 15) is 4.79 Å². The molecule has 1 aliphatic heterocycles. The fourth-order valence-electron chi connectivity index (χ4n) is 4.25. The molecule has 6 nitrogen and oxygen atoms in total. The highest BCUT2D eigenvalue weighted by molar-refractivity contribution is 6.33. The highest BCUT2D eigenvalue weighted by atomic mass is 35.5. The topological polar surface area (TPSA) is 50.6 Å². The van der Waals surface area contributed by atoms with Crippen LogP contribution in [0.15, 0.2) is 42.5 Å². The molecular weight excluding hydrogens is 459 g/mol. The van der Waals surface area contributed by atoms with Crippen molar-refractivity contribution < 1.29 is 9.53 Å². The van der Waals surface area contributed by atoms with Crippen molar-refractivity contribution in [1.82, 2.24) is 14.5 Å². The molecule has 1 saturated heterocycles. The summed E-state index contributed by atoms with van der Waals surface area (Å²) in [5.74, 6) is 0.878. The lowest BCUT2D eigenvalue weighted by Gasteiger charge is -2.37. The van der Waals surface area contributed by atoms with E-state index in [0.717, 1.165) is 35.4 Å². The summed E-state index contributed by atoms with van der Waals surface area (Å²) in [6.07, 6.45) is 1.44. The van der Waals surface area contributed by atoms with Crippen molar-refractivity contribution >= 4 is 46.3 Å². The highest BCUT2D eigenvalue weighted by Gasteiger charge is 2.30. The lowest BCUT2D eigenvalue weighted by Crippen LogP contribution is -2.47. The van der Waals surface area contributed by atoms with Crippen LogP contribution in [0.25, 0.3) is 11.0 Å². The van der Waals surface area contributed by atoms with Gasteiger partial charge < -0.3 is 19.1 Å². The van der Waals surface area contributed by atoms with Gasteiger partial charge in [-0.2, -0.15) is 0 Å². The third-order valence-electron chi connectivity index (χ3n) is 5.95. The summed E-state index contributed by atoms with van der Waals surface area (Å²) >= 11 is 12.7. The molecule has 0 atom stereocenters. The maximum Gasteiger partial charge on any atom is 0.410 e. The van der Waals surface area contributed by atoms with E-state index in [1.165, 1.54) is 0 Å². The summed E-state index contributed by atoms with van der Waals surface area (Å²) in [4.78, 5) is 21.4. The summed E-state index contributed by atoms with van der Waals surface area (Å²) in [6.45, 7) is 7.55. The molecule has 1 aromatic heterocycles. The van der Waals surface area contributed by atoms with Crippen LogP contribution in [0, 0.1) is 0 Å². The third kappa shape index (κ3) is 5.39. The minimum atomic E-state index is -0.489. The second-order valence-corrected chi connectivity index (χ2v) is 10.4. The van der Waals surface area contributed by atoms with E-state index in [0.29, 0.717) is 29.7 Å². The van der Waals surface area contributed by atoms with Crippen LogP contribution in [0.5, 0.6) is 0 Å². The molecule has 0 spiro atoms. The van der Waals surface area contributed by atoms with Crippen molar-refractivity contribution in [1.29, 1.82) is 0 Å². The van der Waals surface area contributed by atoms with E-state index in [1.807, 2.05) is 51.1 Å². The van der Waals surface area contributed by atoms with Gasteiger partial charge in [0.15, 0.2) is 0 Å². The predicted molar refractivity (Wildman–Crippen MR) is 135 cm³/mol.